The molecule has 28 heavy (non-hydrogen) atoms. The first-order valence-corrected chi connectivity index (χ1v) is 8.46. The van der Waals surface area contributed by atoms with Gasteiger partial charge in [0.2, 0.25) is 5.89 Å². The molecule has 0 N–H and O–H groups in total. The Labute approximate surface area is 162 Å². The zero-order valence-electron chi connectivity index (χ0n) is 16.0. The lowest BCUT2D eigenvalue weighted by Crippen LogP contribution is -2.11. The van der Waals surface area contributed by atoms with Crippen LogP contribution in [-0.2, 0) is 4.74 Å². The Morgan fingerprint density at radius 3 is 2.25 bits per heavy atom. The normalized spacial score (nSPS) is 11.6. The Hall–Kier alpha value is -3.55. The smallest absolute Gasteiger partial charge is 0.342 e. The van der Waals surface area contributed by atoms with Crippen LogP contribution in [0.4, 0.5) is 0 Å². The fourth-order valence-electron chi connectivity index (χ4n) is 2.50. The third-order valence-corrected chi connectivity index (χ3v) is 4.04. The van der Waals surface area contributed by atoms with Crippen molar-refractivity contribution in [3.63, 3.8) is 0 Å². The molecule has 0 amide bonds. The summed E-state index contributed by atoms with van der Waals surface area (Å²) in [6.45, 7) is 1.65. The molecule has 0 aliphatic heterocycles. The lowest BCUT2D eigenvalue weighted by atomic mass is 10.2. The number of carbonyl (C=O) groups is 1. The molecule has 3 aromatic rings. The summed E-state index contributed by atoms with van der Waals surface area (Å²) in [5.74, 6) is 1.52. The molecular weight excluding hydrogens is 364 g/mol. The largest absolute Gasteiger partial charge is 0.497 e. The minimum atomic E-state index is -0.747. The molecule has 1 unspecified atom stereocenters. The Kier molecular flexibility index (Phi) is 5.78. The van der Waals surface area contributed by atoms with Gasteiger partial charge in [0.15, 0.2) is 6.10 Å². The van der Waals surface area contributed by atoms with Gasteiger partial charge in [-0.1, -0.05) is 0 Å². The van der Waals surface area contributed by atoms with Crippen LogP contribution in [-0.4, -0.2) is 37.5 Å². The second kappa shape index (κ2) is 8.43. The quantitative estimate of drug-likeness (QED) is 0.570. The zero-order chi connectivity index (χ0) is 20.1. The number of hydrogen-bond donors (Lipinski definition) is 0. The molecule has 8 nitrogen and oxygen atoms in total. The molecule has 1 atom stereocenters. The van der Waals surface area contributed by atoms with Gasteiger partial charge < -0.3 is 23.4 Å². The Morgan fingerprint density at radius 2 is 1.61 bits per heavy atom. The molecule has 8 heteroatoms. The number of hydrogen-bond acceptors (Lipinski definition) is 8. The van der Waals surface area contributed by atoms with Crippen molar-refractivity contribution < 1.29 is 28.2 Å². The number of rotatable bonds is 7. The van der Waals surface area contributed by atoms with Gasteiger partial charge in [0.05, 0.1) is 21.3 Å². The van der Waals surface area contributed by atoms with Gasteiger partial charge in [-0.15, -0.1) is 10.2 Å². The molecule has 0 saturated carbocycles. The first-order chi connectivity index (χ1) is 13.5. The average molecular weight is 384 g/mol. The van der Waals surface area contributed by atoms with E-state index >= 15 is 0 Å². The van der Waals surface area contributed by atoms with E-state index in [2.05, 4.69) is 10.2 Å². The monoisotopic (exact) mass is 384 g/mol. The number of methoxy groups -OCH3 is 3. The molecule has 2 aromatic carbocycles. The van der Waals surface area contributed by atoms with Gasteiger partial charge in [-0.25, -0.2) is 4.79 Å². The molecule has 146 valence electrons. The molecule has 1 heterocycles. The average Bonchev–Trinajstić information content (AvgIpc) is 3.23. The van der Waals surface area contributed by atoms with E-state index < -0.39 is 12.1 Å². The van der Waals surface area contributed by atoms with Crippen LogP contribution in [0.1, 0.15) is 29.3 Å². The third kappa shape index (κ3) is 4.06. The molecule has 0 spiro atoms. The number of benzene rings is 2. The highest BCUT2D eigenvalue weighted by atomic mass is 16.6. The Bertz CT molecular complexity index is 952. The lowest BCUT2D eigenvalue weighted by molar-refractivity contribution is 0.0276. The van der Waals surface area contributed by atoms with Crippen molar-refractivity contribution in [3.05, 3.63) is 53.9 Å². The Balaban J connectivity index is 1.75. The third-order valence-electron chi connectivity index (χ3n) is 4.04. The van der Waals surface area contributed by atoms with Crippen molar-refractivity contribution in [3.8, 4) is 28.7 Å². The number of ether oxygens (including phenoxy) is 4. The van der Waals surface area contributed by atoms with E-state index in [0.29, 0.717) is 17.4 Å². The molecule has 0 radical (unpaired) electrons. The second-order valence-electron chi connectivity index (χ2n) is 5.79. The van der Waals surface area contributed by atoms with Crippen LogP contribution in [0.15, 0.2) is 46.9 Å². The summed E-state index contributed by atoms with van der Waals surface area (Å²) >= 11 is 0. The van der Waals surface area contributed by atoms with Crippen LogP contribution >= 0.6 is 0 Å². The maximum absolute atomic E-state index is 12.6. The number of aromatic nitrogens is 2. The summed E-state index contributed by atoms with van der Waals surface area (Å²) < 4.78 is 26.6. The molecule has 1 aromatic heterocycles. The van der Waals surface area contributed by atoms with E-state index in [9.17, 15) is 4.79 Å². The number of nitrogens with zero attached hydrogens (tertiary/aromatic N) is 2. The van der Waals surface area contributed by atoms with Crippen LogP contribution in [0, 0.1) is 0 Å². The fraction of sp³-hybridized carbons (Fsp3) is 0.250. The molecule has 0 aliphatic carbocycles. The highest BCUT2D eigenvalue weighted by Gasteiger charge is 2.22. The maximum Gasteiger partial charge on any atom is 0.342 e. The fourth-order valence-corrected chi connectivity index (χ4v) is 2.50. The van der Waals surface area contributed by atoms with Crippen LogP contribution in [0.3, 0.4) is 0 Å². The number of esters is 1. The van der Waals surface area contributed by atoms with Crippen molar-refractivity contribution in [1.82, 2.24) is 10.2 Å². The topological polar surface area (TPSA) is 92.9 Å². The summed E-state index contributed by atoms with van der Waals surface area (Å²) in [6, 6.07) is 12.1. The van der Waals surface area contributed by atoms with Crippen LogP contribution < -0.4 is 14.2 Å². The summed E-state index contributed by atoms with van der Waals surface area (Å²) in [6.07, 6.45) is -0.747. The van der Waals surface area contributed by atoms with Gasteiger partial charge in [0.25, 0.3) is 5.89 Å². The van der Waals surface area contributed by atoms with E-state index in [-0.39, 0.29) is 11.5 Å². The van der Waals surface area contributed by atoms with Crippen LogP contribution in [0.2, 0.25) is 0 Å². The predicted octanol–water partition coefficient (Wildman–Crippen LogP) is 3.68. The van der Waals surface area contributed by atoms with Gasteiger partial charge in [-0.3, -0.25) is 0 Å². The SMILES string of the molecule is COc1ccc(-c2nnc(C(C)OC(=O)c3cc(OC)ccc3OC)o2)cc1. The highest BCUT2D eigenvalue weighted by Crippen LogP contribution is 2.28. The highest BCUT2D eigenvalue weighted by molar-refractivity contribution is 5.93. The molecular formula is C20H20N2O6. The minimum Gasteiger partial charge on any atom is -0.497 e. The summed E-state index contributed by atoms with van der Waals surface area (Å²) in [7, 11) is 4.58. The van der Waals surface area contributed by atoms with Gasteiger partial charge >= 0.3 is 5.97 Å². The maximum atomic E-state index is 12.6. The van der Waals surface area contributed by atoms with E-state index in [1.807, 2.05) is 0 Å². The standard InChI is InChI=1S/C20H20N2O6/c1-12(27-20(23)16-11-15(25-3)9-10-17(16)26-4)18-21-22-19(28-18)13-5-7-14(24-2)8-6-13/h5-12H,1-4H3. The van der Waals surface area contributed by atoms with Gasteiger partial charge in [-0.2, -0.15) is 0 Å². The van der Waals surface area contributed by atoms with E-state index in [0.717, 1.165) is 11.3 Å². The van der Waals surface area contributed by atoms with Crippen molar-refractivity contribution in [1.29, 1.82) is 0 Å². The first kappa shape index (κ1) is 19.2. The van der Waals surface area contributed by atoms with E-state index in [4.69, 9.17) is 23.4 Å². The predicted molar refractivity (Wildman–Crippen MR) is 99.7 cm³/mol. The van der Waals surface area contributed by atoms with Crippen molar-refractivity contribution >= 4 is 5.97 Å². The summed E-state index contributed by atoms with van der Waals surface area (Å²) in [5.41, 5.74) is 0.969. The number of carbonyl (C=O) groups excluding carboxylic acids is 1. The molecule has 0 bridgehead atoms. The molecule has 0 fully saturated rings. The van der Waals surface area contributed by atoms with E-state index in [1.54, 1.807) is 56.5 Å². The van der Waals surface area contributed by atoms with Crippen molar-refractivity contribution in [2.45, 2.75) is 13.0 Å². The second-order valence-corrected chi connectivity index (χ2v) is 5.79. The van der Waals surface area contributed by atoms with Gasteiger partial charge in [0, 0.05) is 5.56 Å². The molecule has 3 rings (SSSR count). The van der Waals surface area contributed by atoms with Gasteiger partial charge in [0.1, 0.15) is 22.8 Å². The van der Waals surface area contributed by atoms with Crippen molar-refractivity contribution in [2.75, 3.05) is 21.3 Å². The lowest BCUT2D eigenvalue weighted by Gasteiger charge is -2.12. The first-order valence-electron chi connectivity index (χ1n) is 8.46. The Morgan fingerprint density at radius 1 is 0.929 bits per heavy atom. The summed E-state index contributed by atoms with van der Waals surface area (Å²) in [5, 5.41) is 7.99. The van der Waals surface area contributed by atoms with E-state index in [1.165, 1.54) is 14.2 Å². The van der Waals surface area contributed by atoms with Crippen molar-refractivity contribution in [2.24, 2.45) is 0 Å². The molecule has 0 saturated heterocycles. The van der Waals surface area contributed by atoms with Crippen LogP contribution in [0.5, 0.6) is 17.2 Å². The zero-order valence-corrected chi connectivity index (χ0v) is 16.0. The van der Waals surface area contributed by atoms with Gasteiger partial charge in [-0.05, 0) is 49.4 Å². The molecule has 0 aliphatic rings. The minimum absolute atomic E-state index is 0.182. The summed E-state index contributed by atoms with van der Waals surface area (Å²) in [4.78, 5) is 12.6. The van der Waals surface area contributed by atoms with Crippen LogP contribution in [0.25, 0.3) is 11.5 Å².